The van der Waals surface area contributed by atoms with E-state index in [2.05, 4.69) is 9.97 Å². The number of hydrogen-bond acceptors (Lipinski definition) is 2. The fourth-order valence-electron chi connectivity index (χ4n) is 3.47. The summed E-state index contributed by atoms with van der Waals surface area (Å²) in [5, 5.41) is 0.505. The first-order valence-corrected chi connectivity index (χ1v) is 9.54. The Hall–Kier alpha value is -3.78. The van der Waals surface area contributed by atoms with E-state index in [0.717, 1.165) is 22.3 Å². The van der Waals surface area contributed by atoms with E-state index in [1.54, 1.807) is 6.92 Å². The molecule has 5 aromatic rings. The molecular weight excluding hydrogens is 352 g/mol. The van der Waals surface area contributed by atoms with Crippen molar-refractivity contribution in [1.82, 2.24) is 9.97 Å². The fraction of sp³-hybridized carbons (Fsp3) is 0.0370. The van der Waals surface area contributed by atoms with Crippen LogP contribution in [0.4, 0.5) is 0 Å². The van der Waals surface area contributed by atoms with Gasteiger partial charge < -0.3 is 0 Å². The molecule has 2 nitrogen and oxygen atoms in total. The van der Waals surface area contributed by atoms with Gasteiger partial charge in [-0.05, 0) is 41.3 Å². The summed E-state index contributed by atoms with van der Waals surface area (Å²) in [5.41, 5.74) is 5.14. The second kappa shape index (κ2) is 7.33. The number of fused-ring (bicyclic) bond motifs is 1. The molecule has 2 heteroatoms. The molecule has 0 amide bonds. The Bertz CT molecular complexity index is 1430. The van der Waals surface area contributed by atoms with Gasteiger partial charge in [0.05, 0.1) is 15.3 Å². The summed E-state index contributed by atoms with van der Waals surface area (Å²) in [7, 11) is 0. The summed E-state index contributed by atoms with van der Waals surface area (Å²) in [6.07, 6.45) is 0. The van der Waals surface area contributed by atoms with Crippen molar-refractivity contribution >= 4 is 10.9 Å². The lowest BCUT2D eigenvalue weighted by Crippen LogP contribution is -1.94. The molecule has 1 aromatic heterocycles. The lowest BCUT2D eigenvalue weighted by atomic mass is 9.98. The first-order valence-electron chi connectivity index (χ1n) is 11.0. The van der Waals surface area contributed by atoms with Gasteiger partial charge in [-0.3, -0.25) is 0 Å². The zero-order chi connectivity index (χ0) is 22.2. The summed E-state index contributed by atoms with van der Waals surface area (Å²) in [5.74, 6) is 0.517. The molecule has 0 aliphatic heterocycles. The van der Waals surface area contributed by atoms with Crippen LogP contribution in [0, 0.1) is 6.92 Å². The average molecular weight is 375 g/mol. The van der Waals surface area contributed by atoms with Gasteiger partial charge in [-0.1, -0.05) is 91.0 Å². The molecular formula is C27H20N2. The lowest BCUT2D eigenvalue weighted by molar-refractivity contribution is 1.10. The zero-order valence-corrected chi connectivity index (χ0v) is 16.0. The summed E-state index contributed by atoms with van der Waals surface area (Å²) in [6, 6.07) is 27.7. The minimum Gasteiger partial charge on any atom is -0.233 e. The number of benzene rings is 4. The van der Waals surface area contributed by atoms with Gasteiger partial charge in [0.1, 0.15) is 5.82 Å². The number of aryl methyl sites for hydroxylation is 1. The van der Waals surface area contributed by atoms with Crippen LogP contribution in [0.5, 0.6) is 0 Å². The van der Waals surface area contributed by atoms with Crippen molar-refractivity contribution in [3.05, 3.63) is 109 Å². The third kappa shape index (κ3) is 3.41. The maximum absolute atomic E-state index is 9.01. The van der Waals surface area contributed by atoms with Crippen LogP contribution in [-0.2, 0) is 0 Å². The van der Waals surface area contributed by atoms with Gasteiger partial charge in [0, 0.05) is 10.9 Å². The second-order valence-corrected chi connectivity index (χ2v) is 6.90. The van der Waals surface area contributed by atoms with E-state index < -0.39 is 0 Å². The van der Waals surface area contributed by atoms with Crippen LogP contribution in [0.25, 0.3) is 44.4 Å². The van der Waals surface area contributed by atoms with E-state index in [4.69, 9.17) is 4.11 Å². The van der Waals surface area contributed by atoms with Crippen LogP contribution in [0.15, 0.2) is 103 Å². The van der Waals surface area contributed by atoms with E-state index in [1.807, 2.05) is 84.9 Å². The molecule has 29 heavy (non-hydrogen) atoms. The normalized spacial score (nSPS) is 12.4. The van der Waals surface area contributed by atoms with E-state index in [0.29, 0.717) is 28.0 Å². The fourth-order valence-corrected chi connectivity index (χ4v) is 3.47. The number of hydrogen-bond donors (Lipinski definition) is 0. The molecule has 0 bridgehead atoms. The molecule has 0 spiro atoms. The Labute approximate surface area is 174 Å². The predicted molar refractivity (Wildman–Crippen MR) is 121 cm³/mol. The summed E-state index contributed by atoms with van der Waals surface area (Å²) in [4.78, 5) is 9.05. The molecule has 1 heterocycles. The zero-order valence-electron chi connectivity index (χ0n) is 19.0. The SMILES string of the molecule is [2H]c1c(-c2ccc(-c3ccccc3)cc2)c([2H])c2c(-c3ccccc3)nc(C)nc2c1[2H]. The highest BCUT2D eigenvalue weighted by molar-refractivity contribution is 5.95. The molecule has 5 rings (SSSR count). The van der Waals surface area contributed by atoms with Crippen LogP contribution < -0.4 is 0 Å². The van der Waals surface area contributed by atoms with Gasteiger partial charge in [0.15, 0.2) is 0 Å². The minimum atomic E-state index is 0.00655. The van der Waals surface area contributed by atoms with Gasteiger partial charge in [0.25, 0.3) is 0 Å². The van der Waals surface area contributed by atoms with Gasteiger partial charge in [-0.25, -0.2) is 9.97 Å². The van der Waals surface area contributed by atoms with Crippen LogP contribution >= 0.6 is 0 Å². The Balaban J connectivity index is 1.75. The Morgan fingerprint density at radius 3 is 1.79 bits per heavy atom. The lowest BCUT2D eigenvalue weighted by Gasteiger charge is -2.10. The first-order chi connectivity index (χ1) is 15.5. The van der Waals surface area contributed by atoms with Gasteiger partial charge in [0.2, 0.25) is 0 Å². The van der Waals surface area contributed by atoms with E-state index in [1.165, 1.54) is 0 Å². The Kier molecular flexibility index (Phi) is 3.60. The van der Waals surface area contributed by atoms with Crippen molar-refractivity contribution in [1.29, 1.82) is 0 Å². The standard InChI is InChI=1S/C27H20N2/c1-19-28-26-17-16-24(18-25(26)27(29-19)23-10-6-3-7-11-23)22-14-12-21(13-15-22)20-8-4-2-5-9-20/h2-18H,1H3/i16D,17D,18D. The molecule has 138 valence electrons. The molecule has 0 radical (unpaired) electrons. The van der Waals surface area contributed by atoms with Crippen molar-refractivity contribution in [3.8, 4) is 33.5 Å². The highest BCUT2D eigenvalue weighted by atomic mass is 14.9. The average Bonchev–Trinajstić information content (AvgIpc) is 2.84. The molecule has 0 aliphatic carbocycles. The van der Waals surface area contributed by atoms with Crippen molar-refractivity contribution in [2.75, 3.05) is 0 Å². The summed E-state index contributed by atoms with van der Waals surface area (Å²) in [6.45, 7) is 1.77. The molecule has 0 saturated carbocycles. The summed E-state index contributed by atoms with van der Waals surface area (Å²) >= 11 is 0. The number of aromatic nitrogens is 2. The van der Waals surface area contributed by atoms with Crippen molar-refractivity contribution in [2.45, 2.75) is 6.92 Å². The monoisotopic (exact) mass is 375 g/mol. The molecule has 0 atom stereocenters. The molecule has 0 saturated heterocycles. The van der Waals surface area contributed by atoms with Crippen LogP contribution in [-0.4, -0.2) is 9.97 Å². The van der Waals surface area contributed by atoms with Gasteiger partial charge in [-0.2, -0.15) is 0 Å². The third-order valence-electron chi connectivity index (χ3n) is 4.90. The van der Waals surface area contributed by atoms with E-state index in [9.17, 15) is 0 Å². The minimum absolute atomic E-state index is 0.00655. The topological polar surface area (TPSA) is 25.8 Å². The van der Waals surface area contributed by atoms with E-state index in [-0.39, 0.29) is 18.1 Å². The van der Waals surface area contributed by atoms with Crippen LogP contribution in [0.1, 0.15) is 9.94 Å². The number of rotatable bonds is 3. The number of nitrogens with zero attached hydrogens (tertiary/aromatic N) is 2. The quantitative estimate of drug-likeness (QED) is 0.341. The second-order valence-electron chi connectivity index (χ2n) is 6.90. The summed E-state index contributed by atoms with van der Waals surface area (Å²) < 4.78 is 26.3. The largest absolute Gasteiger partial charge is 0.233 e. The van der Waals surface area contributed by atoms with Gasteiger partial charge >= 0.3 is 0 Å². The Morgan fingerprint density at radius 1 is 0.586 bits per heavy atom. The van der Waals surface area contributed by atoms with Gasteiger partial charge in [-0.15, -0.1) is 0 Å². The maximum Gasteiger partial charge on any atom is 0.126 e. The first kappa shape index (κ1) is 14.3. The highest BCUT2D eigenvalue weighted by Gasteiger charge is 2.10. The molecule has 0 unspecified atom stereocenters. The van der Waals surface area contributed by atoms with Crippen LogP contribution in [0.3, 0.4) is 0 Å². The predicted octanol–water partition coefficient (Wildman–Crippen LogP) is 6.94. The molecule has 0 N–H and O–H groups in total. The smallest absolute Gasteiger partial charge is 0.126 e. The van der Waals surface area contributed by atoms with Crippen molar-refractivity contribution < 1.29 is 4.11 Å². The molecule has 0 aliphatic rings. The van der Waals surface area contributed by atoms with E-state index >= 15 is 0 Å². The highest BCUT2D eigenvalue weighted by Crippen LogP contribution is 2.31. The molecule has 4 aromatic carbocycles. The van der Waals surface area contributed by atoms with Crippen LogP contribution in [0.2, 0.25) is 0 Å². The maximum atomic E-state index is 9.01. The van der Waals surface area contributed by atoms with Crippen molar-refractivity contribution in [3.63, 3.8) is 0 Å². The Morgan fingerprint density at radius 2 is 1.14 bits per heavy atom. The molecule has 0 fully saturated rings. The third-order valence-corrected chi connectivity index (χ3v) is 4.90. The van der Waals surface area contributed by atoms with Crippen molar-refractivity contribution in [2.24, 2.45) is 0 Å².